The summed E-state index contributed by atoms with van der Waals surface area (Å²) < 4.78 is 0. The molecular weight excluding hydrogens is 192 g/mol. The monoisotopic (exact) mass is 214 g/mol. The van der Waals surface area contributed by atoms with E-state index in [-0.39, 0.29) is 12.5 Å². The highest BCUT2D eigenvalue weighted by Gasteiger charge is 2.25. The number of carbonyl (C=O) groups is 1. The van der Waals surface area contributed by atoms with Crippen LogP contribution in [0.5, 0.6) is 0 Å². The van der Waals surface area contributed by atoms with E-state index in [2.05, 4.69) is 17.3 Å². The number of hydrogen-bond acceptors (Lipinski definition) is 3. The Labute approximate surface area is 91.6 Å². The molecule has 15 heavy (non-hydrogen) atoms. The first-order valence-electron chi connectivity index (χ1n) is 5.82. The van der Waals surface area contributed by atoms with E-state index in [1.807, 2.05) is 0 Å². The van der Waals surface area contributed by atoms with Crippen molar-refractivity contribution in [3.05, 3.63) is 0 Å². The number of aliphatic hydroxyl groups is 1. The second-order valence-corrected chi connectivity index (χ2v) is 4.24. The first-order valence-corrected chi connectivity index (χ1v) is 5.82. The lowest BCUT2D eigenvalue weighted by Gasteiger charge is -2.15. The maximum Gasteiger partial charge on any atom is 0.220 e. The molecule has 0 heterocycles. The van der Waals surface area contributed by atoms with Gasteiger partial charge in [-0.15, -0.1) is 0 Å². The third kappa shape index (κ3) is 5.74. The Morgan fingerprint density at radius 3 is 2.80 bits per heavy atom. The highest BCUT2D eigenvalue weighted by atomic mass is 16.2. The number of carbonyl (C=O) groups excluding carboxylic acids is 1. The summed E-state index contributed by atoms with van der Waals surface area (Å²) in [6, 6.07) is 0.760. The Hall–Kier alpha value is -0.610. The zero-order valence-electron chi connectivity index (χ0n) is 9.54. The van der Waals surface area contributed by atoms with E-state index < -0.39 is 0 Å². The van der Waals surface area contributed by atoms with Gasteiger partial charge in [0, 0.05) is 32.2 Å². The van der Waals surface area contributed by atoms with E-state index >= 15 is 0 Å². The Kier molecular flexibility index (Phi) is 5.65. The van der Waals surface area contributed by atoms with Crippen LogP contribution in [0.2, 0.25) is 0 Å². The summed E-state index contributed by atoms with van der Waals surface area (Å²) in [5.41, 5.74) is 0. The van der Waals surface area contributed by atoms with Gasteiger partial charge < -0.3 is 15.3 Å². The molecule has 1 aliphatic rings. The minimum absolute atomic E-state index is 0.104. The summed E-state index contributed by atoms with van der Waals surface area (Å²) in [4.78, 5) is 13.6. The Morgan fingerprint density at radius 2 is 2.20 bits per heavy atom. The Morgan fingerprint density at radius 1 is 1.47 bits per heavy atom. The zero-order valence-corrected chi connectivity index (χ0v) is 9.54. The fraction of sp³-hybridized carbons (Fsp3) is 0.909. The van der Waals surface area contributed by atoms with Crippen molar-refractivity contribution in [1.29, 1.82) is 0 Å². The minimum atomic E-state index is 0.104. The van der Waals surface area contributed by atoms with Gasteiger partial charge in [0.15, 0.2) is 0 Å². The second-order valence-electron chi connectivity index (χ2n) is 4.24. The fourth-order valence-corrected chi connectivity index (χ4v) is 1.56. The molecule has 0 radical (unpaired) electrons. The summed E-state index contributed by atoms with van der Waals surface area (Å²) in [6.07, 6.45) is 4.64. The SMILES string of the molecule is CN(CCNC(=O)CCCCO)C1CC1. The molecule has 0 aliphatic heterocycles. The van der Waals surface area contributed by atoms with Crippen molar-refractivity contribution in [3.8, 4) is 0 Å². The van der Waals surface area contributed by atoms with Crippen LogP contribution < -0.4 is 5.32 Å². The topological polar surface area (TPSA) is 52.6 Å². The van der Waals surface area contributed by atoms with Gasteiger partial charge in [0.05, 0.1) is 0 Å². The number of likely N-dealkylation sites (N-methyl/N-ethyl adjacent to an activating group) is 1. The first-order chi connectivity index (χ1) is 7.24. The van der Waals surface area contributed by atoms with E-state index in [9.17, 15) is 4.79 Å². The molecule has 88 valence electrons. The van der Waals surface area contributed by atoms with Gasteiger partial charge >= 0.3 is 0 Å². The maximum absolute atomic E-state index is 11.3. The zero-order chi connectivity index (χ0) is 11.1. The van der Waals surface area contributed by atoms with Crippen LogP contribution in [0.1, 0.15) is 32.1 Å². The molecule has 0 bridgehead atoms. The number of aliphatic hydroxyl groups excluding tert-OH is 1. The lowest BCUT2D eigenvalue weighted by Crippen LogP contribution is -2.33. The molecule has 0 aromatic rings. The average Bonchev–Trinajstić information content (AvgIpc) is 3.01. The van der Waals surface area contributed by atoms with Crippen LogP contribution in [-0.2, 0) is 4.79 Å². The van der Waals surface area contributed by atoms with Crippen LogP contribution in [0, 0.1) is 0 Å². The number of rotatable bonds is 8. The number of unbranched alkanes of at least 4 members (excludes halogenated alkanes) is 1. The third-order valence-electron chi connectivity index (χ3n) is 2.77. The molecule has 0 saturated heterocycles. The summed E-state index contributed by atoms with van der Waals surface area (Å²) in [7, 11) is 2.11. The van der Waals surface area contributed by atoms with Gasteiger partial charge in [0.25, 0.3) is 0 Å². The molecule has 1 fully saturated rings. The summed E-state index contributed by atoms with van der Waals surface area (Å²) in [6.45, 7) is 1.86. The third-order valence-corrected chi connectivity index (χ3v) is 2.77. The van der Waals surface area contributed by atoms with Crippen molar-refractivity contribution in [1.82, 2.24) is 10.2 Å². The molecule has 2 N–H and O–H groups in total. The average molecular weight is 214 g/mol. The lowest BCUT2D eigenvalue weighted by atomic mass is 10.2. The van der Waals surface area contributed by atoms with Crippen LogP contribution >= 0.6 is 0 Å². The molecule has 1 saturated carbocycles. The summed E-state index contributed by atoms with van der Waals surface area (Å²) in [5.74, 6) is 0.104. The molecular formula is C11H22N2O2. The van der Waals surface area contributed by atoms with E-state index in [0.717, 1.165) is 32.0 Å². The number of amides is 1. The standard InChI is InChI=1S/C11H22N2O2/c1-13(10-5-6-10)8-7-12-11(15)4-2-3-9-14/h10,14H,2-9H2,1H3,(H,12,15). The largest absolute Gasteiger partial charge is 0.396 e. The van der Waals surface area contributed by atoms with Crippen molar-refractivity contribution < 1.29 is 9.90 Å². The van der Waals surface area contributed by atoms with Crippen LogP contribution in [0.25, 0.3) is 0 Å². The van der Waals surface area contributed by atoms with Gasteiger partial charge in [-0.05, 0) is 32.7 Å². The van der Waals surface area contributed by atoms with Crippen LogP contribution in [0.15, 0.2) is 0 Å². The molecule has 0 atom stereocenters. The van der Waals surface area contributed by atoms with Gasteiger partial charge in [0.2, 0.25) is 5.91 Å². The fourth-order valence-electron chi connectivity index (χ4n) is 1.56. The molecule has 4 nitrogen and oxygen atoms in total. The maximum atomic E-state index is 11.3. The molecule has 0 spiro atoms. The van der Waals surface area contributed by atoms with Crippen molar-refractivity contribution in [2.45, 2.75) is 38.1 Å². The molecule has 0 aromatic carbocycles. The van der Waals surface area contributed by atoms with Gasteiger partial charge in [0.1, 0.15) is 0 Å². The van der Waals surface area contributed by atoms with Crippen molar-refractivity contribution in [3.63, 3.8) is 0 Å². The first kappa shape index (κ1) is 12.5. The van der Waals surface area contributed by atoms with Gasteiger partial charge in [-0.1, -0.05) is 0 Å². The molecule has 1 aliphatic carbocycles. The second kappa shape index (κ2) is 6.80. The van der Waals surface area contributed by atoms with Gasteiger partial charge in [-0.25, -0.2) is 0 Å². The molecule has 4 heteroatoms. The predicted octanol–water partition coefficient (Wildman–Crippen LogP) is 0.359. The molecule has 0 unspecified atom stereocenters. The normalized spacial score (nSPS) is 15.7. The van der Waals surface area contributed by atoms with Gasteiger partial charge in [-0.2, -0.15) is 0 Å². The summed E-state index contributed by atoms with van der Waals surface area (Å²) in [5, 5.41) is 11.5. The van der Waals surface area contributed by atoms with Crippen LogP contribution in [0.4, 0.5) is 0 Å². The van der Waals surface area contributed by atoms with E-state index in [0.29, 0.717) is 6.42 Å². The predicted molar refractivity (Wildman–Crippen MR) is 59.6 cm³/mol. The van der Waals surface area contributed by atoms with Crippen molar-refractivity contribution in [2.75, 3.05) is 26.7 Å². The van der Waals surface area contributed by atoms with Gasteiger partial charge in [-0.3, -0.25) is 4.79 Å². The highest BCUT2D eigenvalue weighted by molar-refractivity contribution is 5.75. The number of nitrogens with zero attached hydrogens (tertiary/aromatic N) is 1. The van der Waals surface area contributed by atoms with Crippen LogP contribution in [-0.4, -0.2) is 48.7 Å². The molecule has 1 rings (SSSR count). The van der Waals surface area contributed by atoms with Crippen LogP contribution in [0.3, 0.4) is 0 Å². The minimum Gasteiger partial charge on any atom is -0.396 e. The number of hydrogen-bond donors (Lipinski definition) is 2. The Bertz CT molecular complexity index is 193. The molecule has 0 aromatic heterocycles. The Balaban J connectivity index is 1.91. The molecule has 1 amide bonds. The quantitative estimate of drug-likeness (QED) is 0.574. The van der Waals surface area contributed by atoms with E-state index in [1.165, 1.54) is 12.8 Å². The van der Waals surface area contributed by atoms with E-state index in [1.54, 1.807) is 0 Å². The smallest absolute Gasteiger partial charge is 0.220 e. The van der Waals surface area contributed by atoms with Crippen molar-refractivity contribution >= 4 is 5.91 Å². The lowest BCUT2D eigenvalue weighted by molar-refractivity contribution is -0.121. The van der Waals surface area contributed by atoms with E-state index in [4.69, 9.17) is 5.11 Å². The highest BCUT2D eigenvalue weighted by Crippen LogP contribution is 2.24. The number of nitrogens with one attached hydrogen (secondary N) is 1. The summed E-state index contributed by atoms with van der Waals surface area (Å²) >= 11 is 0. The van der Waals surface area contributed by atoms with Crippen molar-refractivity contribution in [2.24, 2.45) is 0 Å².